The average molecular weight is 312 g/mol. The Morgan fingerprint density at radius 3 is 2.72 bits per heavy atom. The van der Waals surface area contributed by atoms with Gasteiger partial charge in [-0.05, 0) is 62.4 Å². The molecule has 0 N–H and O–H groups in total. The Morgan fingerprint density at radius 1 is 1.39 bits per heavy atom. The third-order valence-corrected chi connectivity index (χ3v) is 3.19. The highest BCUT2D eigenvalue weighted by Gasteiger charge is 2.06. The van der Waals surface area contributed by atoms with Crippen molar-refractivity contribution < 1.29 is 4.74 Å². The molecule has 0 spiro atoms. The maximum Gasteiger partial charge on any atom is 0.0465 e. The van der Waals surface area contributed by atoms with Crippen LogP contribution in [0.25, 0.3) is 0 Å². The summed E-state index contributed by atoms with van der Waals surface area (Å²) in [5, 5.41) is 0. The normalized spacial score (nSPS) is 11.7. The highest BCUT2D eigenvalue weighted by atomic mass is 79.9. The molecule has 0 aliphatic heterocycles. The van der Waals surface area contributed by atoms with E-state index in [1.165, 1.54) is 16.7 Å². The van der Waals surface area contributed by atoms with Crippen molar-refractivity contribution in [1.82, 2.24) is 0 Å². The summed E-state index contributed by atoms with van der Waals surface area (Å²) in [6, 6.07) is 4.66. The van der Waals surface area contributed by atoms with Crippen LogP contribution < -0.4 is 0 Å². The first-order valence-electron chi connectivity index (χ1n) is 6.35. The van der Waals surface area contributed by atoms with Gasteiger partial charge in [-0.15, -0.1) is 0 Å². The van der Waals surface area contributed by atoms with Crippen LogP contribution in [0.2, 0.25) is 0 Å². The largest absolute Gasteiger partial charge is 0.385 e. The molecule has 0 radical (unpaired) electrons. The first kappa shape index (κ1) is 15.4. The van der Waals surface area contributed by atoms with E-state index in [1.54, 1.807) is 7.11 Å². The fraction of sp³-hybridized carbons (Fsp3) is 0.533. The average Bonchev–Trinajstić information content (AvgIpc) is 2.27. The molecule has 0 atom stereocenters. The van der Waals surface area contributed by atoms with Gasteiger partial charge < -0.3 is 4.74 Å². The van der Waals surface area contributed by atoms with E-state index in [9.17, 15) is 0 Å². The Kier molecular flexibility index (Phi) is 6.58. The van der Waals surface area contributed by atoms with Crippen LogP contribution in [0.1, 0.15) is 37.0 Å². The minimum atomic E-state index is 0.333. The molecule has 0 aromatic heterocycles. The van der Waals surface area contributed by atoms with Crippen LogP contribution >= 0.6 is 15.9 Å². The minimum Gasteiger partial charge on any atom is -0.385 e. The van der Waals surface area contributed by atoms with Crippen molar-refractivity contribution in [3.8, 4) is 0 Å². The van der Waals surface area contributed by atoms with E-state index in [0.717, 1.165) is 23.9 Å². The second kappa shape index (κ2) is 7.70. The van der Waals surface area contributed by atoms with E-state index in [2.05, 4.69) is 53.8 Å². The summed E-state index contributed by atoms with van der Waals surface area (Å²) in [6.07, 6.45) is 4.07. The smallest absolute Gasteiger partial charge is 0.0465 e. The lowest BCUT2D eigenvalue weighted by Crippen LogP contribution is -2.01. The van der Waals surface area contributed by atoms with Crippen molar-refractivity contribution in [2.24, 2.45) is 4.99 Å². The summed E-state index contributed by atoms with van der Waals surface area (Å²) < 4.78 is 6.25. The number of aliphatic imine (C=N–C) groups is 1. The Labute approximate surface area is 119 Å². The van der Waals surface area contributed by atoms with E-state index in [-0.39, 0.29) is 0 Å². The molecule has 1 aromatic carbocycles. The molecule has 100 valence electrons. The van der Waals surface area contributed by atoms with Gasteiger partial charge in [0.15, 0.2) is 0 Å². The van der Waals surface area contributed by atoms with Gasteiger partial charge in [-0.25, -0.2) is 0 Å². The predicted molar refractivity (Wildman–Crippen MR) is 81.8 cm³/mol. The van der Waals surface area contributed by atoms with Gasteiger partial charge >= 0.3 is 0 Å². The number of nitrogens with zero attached hydrogens (tertiary/aromatic N) is 1. The van der Waals surface area contributed by atoms with E-state index in [4.69, 9.17) is 4.74 Å². The fourth-order valence-corrected chi connectivity index (χ4v) is 2.47. The summed E-state index contributed by atoms with van der Waals surface area (Å²) in [7, 11) is 1.74. The molecule has 0 aliphatic rings. The van der Waals surface area contributed by atoms with Crippen LogP contribution in [-0.4, -0.2) is 26.0 Å². The molecule has 3 heteroatoms. The van der Waals surface area contributed by atoms with Crippen molar-refractivity contribution in [3.63, 3.8) is 0 Å². The van der Waals surface area contributed by atoms with Gasteiger partial charge in [0.1, 0.15) is 0 Å². The van der Waals surface area contributed by atoms with Gasteiger partial charge in [0.05, 0.1) is 0 Å². The highest BCUT2D eigenvalue weighted by Crippen LogP contribution is 2.21. The van der Waals surface area contributed by atoms with Crippen LogP contribution in [0.5, 0.6) is 0 Å². The third kappa shape index (κ3) is 4.91. The van der Waals surface area contributed by atoms with Gasteiger partial charge in [-0.1, -0.05) is 15.9 Å². The van der Waals surface area contributed by atoms with E-state index in [1.807, 2.05) is 6.21 Å². The van der Waals surface area contributed by atoms with Crippen LogP contribution in [0.15, 0.2) is 21.6 Å². The maximum atomic E-state index is 5.12. The molecule has 0 amide bonds. The Balaban J connectivity index is 2.97. The number of hydrogen-bond donors (Lipinski definition) is 0. The second-order valence-corrected chi connectivity index (χ2v) is 5.68. The molecule has 0 fully saturated rings. The van der Waals surface area contributed by atoms with Crippen LogP contribution in [0.3, 0.4) is 0 Å². The maximum absolute atomic E-state index is 5.12. The molecule has 0 saturated heterocycles. The molecule has 0 heterocycles. The number of rotatable bonds is 6. The van der Waals surface area contributed by atoms with E-state index >= 15 is 0 Å². The molecule has 1 rings (SSSR count). The quantitative estimate of drug-likeness (QED) is 0.571. The molecule has 18 heavy (non-hydrogen) atoms. The first-order valence-corrected chi connectivity index (χ1v) is 7.15. The van der Waals surface area contributed by atoms with Gasteiger partial charge in [0.2, 0.25) is 0 Å². The lowest BCUT2D eigenvalue weighted by Gasteiger charge is -2.10. The molecule has 1 aromatic rings. The van der Waals surface area contributed by atoms with Gasteiger partial charge in [0.25, 0.3) is 0 Å². The summed E-state index contributed by atoms with van der Waals surface area (Å²) in [6.45, 7) is 7.11. The summed E-state index contributed by atoms with van der Waals surface area (Å²) in [5.41, 5.74) is 3.85. The monoisotopic (exact) mass is 311 g/mol. The number of benzene rings is 1. The second-order valence-electron chi connectivity index (χ2n) is 4.76. The number of hydrogen-bond acceptors (Lipinski definition) is 2. The topological polar surface area (TPSA) is 21.6 Å². The molecule has 0 aliphatic carbocycles. The van der Waals surface area contributed by atoms with Crippen LogP contribution in [0, 0.1) is 6.92 Å². The molecule has 0 saturated carbocycles. The third-order valence-electron chi connectivity index (χ3n) is 2.73. The number of methoxy groups -OCH3 is 1. The first-order chi connectivity index (χ1) is 8.54. The van der Waals surface area contributed by atoms with Gasteiger partial charge in [-0.2, -0.15) is 0 Å². The number of aryl methyl sites for hydroxylation is 2. The molecule has 0 bridgehead atoms. The molecular formula is C15H22BrNO. The van der Waals surface area contributed by atoms with Crippen molar-refractivity contribution in [3.05, 3.63) is 33.3 Å². The Bertz CT molecular complexity index is 413. The van der Waals surface area contributed by atoms with Gasteiger partial charge in [0, 0.05) is 30.4 Å². The van der Waals surface area contributed by atoms with E-state index < -0.39 is 0 Å². The SMILES string of the molecule is COCCCc1cc(Br)cc(C)c1C=NC(C)C. The van der Waals surface area contributed by atoms with Crippen LogP contribution in [-0.2, 0) is 11.2 Å². The highest BCUT2D eigenvalue weighted by molar-refractivity contribution is 9.10. The number of ether oxygens (including phenoxy) is 1. The minimum absolute atomic E-state index is 0.333. The Morgan fingerprint density at radius 2 is 2.11 bits per heavy atom. The predicted octanol–water partition coefficient (Wildman–Crippen LogP) is 4.16. The van der Waals surface area contributed by atoms with Crippen molar-refractivity contribution in [1.29, 1.82) is 0 Å². The lowest BCUT2D eigenvalue weighted by atomic mass is 9.99. The molecule has 2 nitrogen and oxygen atoms in total. The summed E-state index contributed by atoms with van der Waals surface area (Å²) in [4.78, 5) is 4.50. The molecule has 0 unspecified atom stereocenters. The van der Waals surface area contributed by atoms with E-state index in [0.29, 0.717) is 6.04 Å². The summed E-state index contributed by atoms with van der Waals surface area (Å²) >= 11 is 3.56. The zero-order valence-electron chi connectivity index (χ0n) is 11.7. The fourth-order valence-electron chi connectivity index (χ4n) is 1.85. The van der Waals surface area contributed by atoms with Crippen molar-refractivity contribution in [2.45, 2.75) is 39.7 Å². The zero-order chi connectivity index (χ0) is 13.5. The standard InChI is InChI=1S/C15H22BrNO/c1-11(2)17-10-15-12(3)8-14(16)9-13(15)6-5-7-18-4/h8-11H,5-7H2,1-4H3. The molecular weight excluding hydrogens is 290 g/mol. The zero-order valence-corrected chi connectivity index (χ0v) is 13.3. The Hall–Kier alpha value is -0.670. The van der Waals surface area contributed by atoms with Crippen LogP contribution in [0.4, 0.5) is 0 Å². The van der Waals surface area contributed by atoms with Gasteiger partial charge in [-0.3, -0.25) is 4.99 Å². The lowest BCUT2D eigenvalue weighted by molar-refractivity contribution is 0.195. The number of halogens is 1. The van der Waals surface area contributed by atoms with Crippen molar-refractivity contribution in [2.75, 3.05) is 13.7 Å². The van der Waals surface area contributed by atoms with Crippen molar-refractivity contribution >= 4 is 22.1 Å². The summed E-state index contributed by atoms with van der Waals surface area (Å²) in [5.74, 6) is 0.